The van der Waals surface area contributed by atoms with E-state index < -0.39 is 0 Å². The number of carbonyl (C=O) groups excluding carboxylic acids is 1. The first kappa shape index (κ1) is 22.5. The van der Waals surface area contributed by atoms with Crippen molar-refractivity contribution in [3.05, 3.63) is 57.3 Å². The van der Waals surface area contributed by atoms with E-state index in [4.69, 9.17) is 4.74 Å². The van der Waals surface area contributed by atoms with Crippen LogP contribution in [0.3, 0.4) is 0 Å². The van der Waals surface area contributed by atoms with Gasteiger partial charge in [-0.05, 0) is 37.0 Å². The molecule has 1 aromatic heterocycles. The summed E-state index contributed by atoms with van der Waals surface area (Å²) in [7, 11) is 1.62. The maximum Gasteiger partial charge on any atom is 0.317 e. The highest BCUT2D eigenvalue weighted by molar-refractivity contribution is 5.74. The number of aromatic nitrogens is 2. The second-order valence-corrected chi connectivity index (χ2v) is 7.43. The normalized spacial score (nSPS) is 10.8. The molecule has 1 heterocycles. The van der Waals surface area contributed by atoms with Crippen LogP contribution in [0.25, 0.3) is 0 Å². The van der Waals surface area contributed by atoms with Crippen LogP contribution >= 0.6 is 0 Å². The Morgan fingerprint density at radius 2 is 2.07 bits per heavy atom. The summed E-state index contributed by atoms with van der Waals surface area (Å²) < 4.78 is 5.27. The fourth-order valence-corrected chi connectivity index (χ4v) is 3.24. The molecule has 29 heavy (non-hydrogen) atoms. The molecule has 0 bridgehead atoms. The van der Waals surface area contributed by atoms with Crippen LogP contribution in [0, 0.1) is 5.92 Å². The Morgan fingerprint density at radius 3 is 2.69 bits per heavy atom. The van der Waals surface area contributed by atoms with E-state index in [-0.39, 0.29) is 18.1 Å². The van der Waals surface area contributed by atoms with Crippen LogP contribution in [0.2, 0.25) is 0 Å². The standard InChI is InChI=1S/C22H32N4O3/c1-6-19-18(12-16-9-8-10-17(11-16)29-5)21(27)25-20(24-19)14-26(13-15(3)4)22(28)23-7-2/h8-11,15H,6-7,12-14H2,1-5H3,(H,23,28)(H,24,25,27). The van der Waals surface area contributed by atoms with Crippen molar-refractivity contribution in [2.45, 2.75) is 47.1 Å². The third kappa shape index (κ3) is 6.34. The van der Waals surface area contributed by atoms with Crippen molar-refractivity contribution in [1.82, 2.24) is 20.2 Å². The van der Waals surface area contributed by atoms with Gasteiger partial charge in [0.2, 0.25) is 0 Å². The molecule has 2 aromatic rings. The molecule has 0 radical (unpaired) electrons. The van der Waals surface area contributed by atoms with E-state index in [9.17, 15) is 9.59 Å². The summed E-state index contributed by atoms with van der Waals surface area (Å²) in [5.74, 6) is 1.57. The molecular formula is C22H32N4O3. The third-order valence-corrected chi connectivity index (χ3v) is 4.54. The van der Waals surface area contributed by atoms with Crippen LogP contribution in [-0.2, 0) is 19.4 Å². The van der Waals surface area contributed by atoms with Crippen molar-refractivity contribution in [3.8, 4) is 5.75 Å². The van der Waals surface area contributed by atoms with Crippen molar-refractivity contribution in [2.75, 3.05) is 20.2 Å². The van der Waals surface area contributed by atoms with Gasteiger partial charge in [-0.3, -0.25) is 4.79 Å². The van der Waals surface area contributed by atoms with Crippen LogP contribution in [0.15, 0.2) is 29.1 Å². The number of amides is 2. The first-order valence-corrected chi connectivity index (χ1v) is 10.1. The minimum atomic E-state index is -0.157. The number of nitrogens with zero attached hydrogens (tertiary/aromatic N) is 2. The summed E-state index contributed by atoms with van der Waals surface area (Å²) >= 11 is 0. The lowest BCUT2D eigenvalue weighted by Gasteiger charge is -2.24. The van der Waals surface area contributed by atoms with Crippen molar-refractivity contribution in [1.29, 1.82) is 0 Å². The number of ether oxygens (including phenoxy) is 1. The zero-order valence-electron chi connectivity index (χ0n) is 18.0. The van der Waals surface area contributed by atoms with Gasteiger partial charge in [0.1, 0.15) is 11.6 Å². The highest BCUT2D eigenvalue weighted by Gasteiger charge is 2.18. The molecule has 0 saturated carbocycles. The number of hydrogen-bond donors (Lipinski definition) is 2. The van der Waals surface area contributed by atoms with E-state index in [2.05, 4.69) is 29.1 Å². The lowest BCUT2D eigenvalue weighted by atomic mass is 10.0. The Balaban J connectivity index is 2.30. The fourth-order valence-electron chi connectivity index (χ4n) is 3.24. The second kappa shape index (κ2) is 10.6. The van der Waals surface area contributed by atoms with Gasteiger partial charge in [0.05, 0.1) is 19.3 Å². The van der Waals surface area contributed by atoms with Gasteiger partial charge in [0, 0.05) is 25.1 Å². The Morgan fingerprint density at radius 1 is 1.31 bits per heavy atom. The quantitative estimate of drug-likeness (QED) is 0.677. The monoisotopic (exact) mass is 400 g/mol. The number of rotatable bonds is 9. The number of H-pyrrole nitrogens is 1. The molecule has 0 saturated heterocycles. The van der Waals surface area contributed by atoms with Crippen molar-refractivity contribution in [3.63, 3.8) is 0 Å². The Bertz CT molecular complexity index is 877. The molecule has 2 N–H and O–H groups in total. The van der Waals surface area contributed by atoms with Crippen LogP contribution < -0.4 is 15.6 Å². The smallest absolute Gasteiger partial charge is 0.317 e. The number of methoxy groups -OCH3 is 1. The average molecular weight is 401 g/mol. The summed E-state index contributed by atoms with van der Waals surface area (Å²) in [5, 5.41) is 2.82. The summed E-state index contributed by atoms with van der Waals surface area (Å²) in [6.07, 6.45) is 1.12. The molecule has 0 aliphatic carbocycles. The van der Waals surface area contributed by atoms with Gasteiger partial charge < -0.3 is 19.9 Å². The first-order valence-electron chi connectivity index (χ1n) is 10.1. The summed E-state index contributed by atoms with van der Waals surface area (Å²) in [6, 6.07) is 7.52. The lowest BCUT2D eigenvalue weighted by molar-refractivity contribution is 0.186. The van der Waals surface area contributed by atoms with E-state index in [1.54, 1.807) is 12.0 Å². The zero-order valence-corrected chi connectivity index (χ0v) is 18.0. The number of aryl methyl sites for hydroxylation is 1. The van der Waals surface area contributed by atoms with Gasteiger partial charge in [0.15, 0.2) is 0 Å². The molecule has 2 amide bonds. The van der Waals surface area contributed by atoms with Gasteiger partial charge in [-0.15, -0.1) is 0 Å². The number of aromatic amines is 1. The number of nitrogens with one attached hydrogen (secondary N) is 2. The Labute approximate surface area is 172 Å². The maximum atomic E-state index is 12.8. The predicted molar refractivity (Wildman–Crippen MR) is 114 cm³/mol. The van der Waals surface area contributed by atoms with Crippen LogP contribution in [0.4, 0.5) is 4.79 Å². The van der Waals surface area contributed by atoms with Crippen molar-refractivity contribution in [2.24, 2.45) is 5.92 Å². The van der Waals surface area contributed by atoms with Gasteiger partial charge in [0.25, 0.3) is 5.56 Å². The summed E-state index contributed by atoms with van der Waals surface area (Å²) in [6.45, 7) is 9.38. The molecule has 0 aliphatic rings. The van der Waals surface area contributed by atoms with E-state index in [0.717, 1.165) is 17.0 Å². The van der Waals surface area contributed by atoms with Gasteiger partial charge in [-0.2, -0.15) is 0 Å². The van der Waals surface area contributed by atoms with Gasteiger partial charge in [-0.1, -0.05) is 32.9 Å². The van der Waals surface area contributed by atoms with E-state index in [1.165, 1.54) is 0 Å². The Hall–Kier alpha value is -2.83. The molecule has 0 aliphatic heterocycles. The molecule has 0 atom stereocenters. The minimum absolute atomic E-state index is 0.151. The molecule has 1 aromatic carbocycles. The molecule has 7 nitrogen and oxygen atoms in total. The third-order valence-electron chi connectivity index (χ3n) is 4.54. The molecular weight excluding hydrogens is 368 g/mol. The van der Waals surface area contributed by atoms with E-state index in [1.807, 2.05) is 38.1 Å². The molecule has 0 spiro atoms. The highest BCUT2D eigenvalue weighted by Crippen LogP contribution is 2.16. The summed E-state index contributed by atoms with van der Waals surface area (Å²) in [4.78, 5) is 34.4. The maximum absolute atomic E-state index is 12.8. The highest BCUT2D eigenvalue weighted by atomic mass is 16.5. The first-order chi connectivity index (χ1) is 13.9. The van der Waals surface area contributed by atoms with E-state index in [0.29, 0.717) is 43.2 Å². The molecule has 7 heteroatoms. The van der Waals surface area contributed by atoms with Crippen molar-refractivity contribution < 1.29 is 9.53 Å². The number of benzene rings is 1. The van der Waals surface area contributed by atoms with Crippen LogP contribution in [0.5, 0.6) is 5.75 Å². The van der Waals surface area contributed by atoms with Crippen molar-refractivity contribution >= 4 is 6.03 Å². The second-order valence-electron chi connectivity index (χ2n) is 7.43. The molecule has 2 rings (SSSR count). The topological polar surface area (TPSA) is 87.3 Å². The fraction of sp³-hybridized carbons (Fsp3) is 0.500. The Kier molecular flexibility index (Phi) is 8.24. The predicted octanol–water partition coefficient (Wildman–Crippen LogP) is 3.12. The average Bonchev–Trinajstić information content (AvgIpc) is 2.69. The van der Waals surface area contributed by atoms with Crippen LogP contribution in [-0.4, -0.2) is 41.1 Å². The van der Waals surface area contributed by atoms with Gasteiger partial charge >= 0.3 is 6.03 Å². The SMILES string of the molecule is CCNC(=O)N(Cc1nc(CC)c(Cc2cccc(OC)c2)c(=O)[nH]1)CC(C)C. The molecule has 0 fully saturated rings. The molecule has 158 valence electrons. The lowest BCUT2D eigenvalue weighted by Crippen LogP contribution is -2.42. The van der Waals surface area contributed by atoms with E-state index >= 15 is 0 Å². The minimum Gasteiger partial charge on any atom is -0.497 e. The number of hydrogen-bond acceptors (Lipinski definition) is 4. The summed E-state index contributed by atoms with van der Waals surface area (Å²) in [5.41, 5.74) is 2.24. The molecule has 0 unspecified atom stereocenters. The zero-order chi connectivity index (χ0) is 21.4. The largest absolute Gasteiger partial charge is 0.497 e. The number of urea groups is 1. The van der Waals surface area contributed by atoms with Crippen LogP contribution in [0.1, 0.15) is 50.3 Å². The van der Waals surface area contributed by atoms with Gasteiger partial charge in [-0.25, -0.2) is 9.78 Å². The number of carbonyl (C=O) groups is 1.